The van der Waals surface area contributed by atoms with Gasteiger partial charge in [0.1, 0.15) is 6.04 Å². The van der Waals surface area contributed by atoms with E-state index in [1.54, 1.807) is 6.07 Å². The van der Waals surface area contributed by atoms with Gasteiger partial charge in [0.25, 0.3) is 0 Å². The van der Waals surface area contributed by atoms with Crippen molar-refractivity contribution in [2.45, 2.75) is 71.5 Å². The quantitative estimate of drug-likeness (QED) is 0.402. The van der Waals surface area contributed by atoms with Crippen LogP contribution in [-0.4, -0.2) is 52.1 Å². The highest BCUT2D eigenvalue weighted by Gasteiger charge is 2.47. The zero-order valence-corrected chi connectivity index (χ0v) is 20.9. The Morgan fingerprint density at radius 1 is 1.09 bits per heavy atom. The molecule has 0 unspecified atom stereocenters. The molecule has 1 heterocycles. The molecule has 0 saturated carbocycles. The summed E-state index contributed by atoms with van der Waals surface area (Å²) in [4.78, 5) is 54.8. The number of imide groups is 1. The third-order valence-corrected chi connectivity index (χ3v) is 7.20. The van der Waals surface area contributed by atoms with Crippen molar-refractivity contribution in [3.8, 4) is 0 Å². The summed E-state index contributed by atoms with van der Waals surface area (Å²) in [5.74, 6) is -1.56. The van der Waals surface area contributed by atoms with Crippen LogP contribution in [0.5, 0.6) is 0 Å². The predicted octanol–water partition coefficient (Wildman–Crippen LogP) is 3.70. The Morgan fingerprint density at radius 3 is 2.26 bits per heavy atom. The standard InChI is InChI=1S/C26H34ClN3O4/c1-4-17(3)28-24(32)22(5-2)30(16-18-10-6-9-13-21(18)27)23(31)14-15-29-25(33)19-11-7-8-12-20(19)26(29)34/h6-10,13,17,19-20,22H,4-5,11-12,14-16H2,1-3H3,(H,28,32)/t17-,19-,20+,22+/m0/s1. The van der Waals surface area contributed by atoms with Gasteiger partial charge in [0.2, 0.25) is 23.6 Å². The van der Waals surface area contributed by atoms with Crippen LogP contribution in [0.2, 0.25) is 5.02 Å². The van der Waals surface area contributed by atoms with Gasteiger partial charge in [-0.25, -0.2) is 0 Å². The zero-order valence-electron chi connectivity index (χ0n) is 20.1. The number of carbonyl (C=O) groups is 4. The summed E-state index contributed by atoms with van der Waals surface area (Å²) < 4.78 is 0. The van der Waals surface area contributed by atoms with E-state index in [2.05, 4.69) is 5.32 Å². The lowest BCUT2D eigenvalue weighted by molar-refractivity contribution is -0.144. The van der Waals surface area contributed by atoms with Crippen molar-refractivity contribution in [3.05, 3.63) is 47.0 Å². The normalized spacial score (nSPS) is 21.2. The lowest BCUT2D eigenvalue weighted by atomic mass is 9.85. The zero-order chi connectivity index (χ0) is 24.8. The van der Waals surface area contributed by atoms with Crippen LogP contribution in [0.15, 0.2) is 36.4 Å². The van der Waals surface area contributed by atoms with E-state index in [0.29, 0.717) is 24.3 Å². The molecule has 1 aliphatic heterocycles. The van der Waals surface area contributed by atoms with Crippen LogP contribution in [0.1, 0.15) is 58.4 Å². The number of hydrogen-bond donors (Lipinski definition) is 1. The summed E-state index contributed by atoms with van der Waals surface area (Å²) in [5, 5.41) is 3.48. The maximum absolute atomic E-state index is 13.4. The Kier molecular flexibility index (Phi) is 8.89. The third-order valence-electron chi connectivity index (χ3n) is 6.83. The van der Waals surface area contributed by atoms with E-state index in [0.717, 1.165) is 12.0 Å². The number of nitrogens with one attached hydrogen (secondary N) is 1. The van der Waals surface area contributed by atoms with Gasteiger partial charge in [0.15, 0.2) is 0 Å². The molecule has 0 bridgehead atoms. The maximum atomic E-state index is 13.4. The molecular weight excluding hydrogens is 454 g/mol. The number of rotatable bonds is 10. The Morgan fingerprint density at radius 2 is 1.71 bits per heavy atom. The number of fused-ring (bicyclic) bond motifs is 1. The number of benzene rings is 1. The minimum absolute atomic E-state index is 0.0180. The molecule has 1 aromatic carbocycles. The van der Waals surface area contributed by atoms with Crippen LogP contribution in [0.25, 0.3) is 0 Å². The Bertz CT molecular complexity index is 937. The fourth-order valence-electron chi connectivity index (χ4n) is 4.61. The molecule has 4 atom stereocenters. The van der Waals surface area contributed by atoms with Gasteiger partial charge in [0.05, 0.1) is 11.8 Å². The molecule has 1 N–H and O–H groups in total. The van der Waals surface area contributed by atoms with Crippen molar-refractivity contribution in [2.75, 3.05) is 6.54 Å². The van der Waals surface area contributed by atoms with Crippen molar-refractivity contribution >= 4 is 35.2 Å². The van der Waals surface area contributed by atoms with Crippen LogP contribution >= 0.6 is 11.6 Å². The number of amides is 4. The van der Waals surface area contributed by atoms with Gasteiger partial charge in [0, 0.05) is 30.6 Å². The van der Waals surface area contributed by atoms with Crippen molar-refractivity contribution in [1.29, 1.82) is 0 Å². The monoisotopic (exact) mass is 487 g/mol. The molecule has 0 aromatic heterocycles. The molecule has 7 nitrogen and oxygen atoms in total. The van der Waals surface area contributed by atoms with Gasteiger partial charge in [-0.15, -0.1) is 0 Å². The molecule has 0 spiro atoms. The van der Waals surface area contributed by atoms with Crippen LogP contribution < -0.4 is 5.32 Å². The number of likely N-dealkylation sites (tertiary alicyclic amines) is 1. The molecule has 184 valence electrons. The fraction of sp³-hybridized carbons (Fsp3) is 0.538. The van der Waals surface area contributed by atoms with Gasteiger partial charge in [-0.1, -0.05) is 55.8 Å². The van der Waals surface area contributed by atoms with E-state index >= 15 is 0 Å². The van der Waals surface area contributed by atoms with Crippen LogP contribution in [0, 0.1) is 11.8 Å². The summed E-state index contributed by atoms with van der Waals surface area (Å²) in [7, 11) is 0. The summed E-state index contributed by atoms with van der Waals surface area (Å²) in [6.45, 7) is 5.95. The number of hydrogen-bond acceptors (Lipinski definition) is 4. The Balaban J connectivity index is 1.77. The molecule has 1 saturated heterocycles. The number of carbonyl (C=O) groups excluding carboxylic acids is 4. The van der Waals surface area contributed by atoms with Gasteiger partial charge < -0.3 is 10.2 Å². The average Bonchev–Trinajstić information content (AvgIpc) is 3.08. The van der Waals surface area contributed by atoms with E-state index in [1.807, 2.05) is 51.1 Å². The van der Waals surface area contributed by atoms with Gasteiger partial charge in [-0.2, -0.15) is 0 Å². The van der Waals surface area contributed by atoms with E-state index in [9.17, 15) is 19.2 Å². The van der Waals surface area contributed by atoms with E-state index < -0.39 is 6.04 Å². The van der Waals surface area contributed by atoms with Crippen LogP contribution in [0.4, 0.5) is 0 Å². The molecule has 4 amide bonds. The van der Waals surface area contributed by atoms with Crippen molar-refractivity contribution < 1.29 is 19.2 Å². The Labute approximate surface area is 206 Å². The second-order valence-electron chi connectivity index (χ2n) is 9.09. The second-order valence-corrected chi connectivity index (χ2v) is 9.50. The van der Waals surface area contributed by atoms with E-state index in [4.69, 9.17) is 11.6 Å². The highest BCUT2D eigenvalue weighted by atomic mass is 35.5. The van der Waals surface area contributed by atoms with Crippen LogP contribution in [0.3, 0.4) is 0 Å². The summed E-state index contributed by atoms with van der Waals surface area (Å²) in [6, 6.07) is 6.51. The first-order chi connectivity index (χ1) is 16.3. The Hall–Kier alpha value is -2.67. The van der Waals surface area contributed by atoms with Crippen molar-refractivity contribution in [1.82, 2.24) is 15.1 Å². The minimum atomic E-state index is -0.686. The van der Waals surface area contributed by atoms with Crippen LogP contribution in [-0.2, 0) is 25.7 Å². The molecule has 0 radical (unpaired) electrons. The third kappa shape index (κ3) is 5.69. The fourth-order valence-corrected chi connectivity index (χ4v) is 4.81. The topological polar surface area (TPSA) is 86.8 Å². The number of nitrogens with zero attached hydrogens (tertiary/aromatic N) is 2. The van der Waals surface area contributed by atoms with E-state index in [1.165, 1.54) is 9.80 Å². The maximum Gasteiger partial charge on any atom is 0.243 e. The first kappa shape index (κ1) is 25.9. The lowest BCUT2D eigenvalue weighted by Gasteiger charge is -2.32. The molecule has 1 aromatic rings. The van der Waals surface area contributed by atoms with Crippen molar-refractivity contribution in [3.63, 3.8) is 0 Å². The summed E-state index contributed by atoms with van der Waals surface area (Å²) in [6.07, 6.45) is 6.16. The lowest BCUT2D eigenvalue weighted by Crippen LogP contribution is -2.51. The molecular formula is C26H34ClN3O4. The minimum Gasteiger partial charge on any atom is -0.352 e. The highest BCUT2D eigenvalue weighted by molar-refractivity contribution is 6.31. The SMILES string of the molecule is CC[C@H](C(=O)N[C@@H](C)CC)N(Cc1ccccc1Cl)C(=O)CCN1C(=O)[C@H]2CC=CC[C@H]2C1=O. The first-order valence-corrected chi connectivity index (χ1v) is 12.5. The molecule has 8 heteroatoms. The predicted molar refractivity (Wildman–Crippen MR) is 131 cm³/mol. The van der Waals surface area contributed by atoms with E-state index in [-0.39, 0.29) is 61.0 Å². The average molecular weight is 488 g/mol. The molecule has 2 aliphatic rings. The van der Waals surface area contributed by atoms with Gasteiger partial charge in [-0.05, 0) is 44.2 Å². The number of halogens is 1. The molecule has 3 rings (SSSR count). The highest BCUT2D eigenvalue weighted by Crippen LogP contribution is 2.35. The second kappa shape index (κ2) is 11.6. The number of allylic oxidation sites excluding steroid dienone is 2. The van der Waals surface area contributed by atoms with Crippen molar-refractivity contribution in [2.24, 2.45) is 11.8 Å². The first-order valence-electron chi connectivity index (χ1n) is 12.1. The largest absolute Gasteiger partial charge is 0.352 e. The van der Waals surface area contributed by atoms with Gasteiger partial charge in [-0.3, -0.25) is 24.1 Å². The molecule has 34 heavy (non-hydrogen) atoms. The smallest absolute Gasteiger partial charge is 0.243 e. The molecule has 1 aliphatic carbocycles. The summed E-state index contributed by atoms with van der Waals surface area (Å²) >= 11 is 6.35. The summed E-state index contributed by atoms with van der Waals surface area (Å²) in [5.41, 5.74) is 0.734. The van der Waals surface area contributed by atoms with Gasteiger partial charge >= 0.3 is 0 Å². The molecule has 1 fully saturated rings.